The third-order valence-electron chi connectivity index (χ3n) is 7.25. The Bertz CT molecular complexity index is 1660. The van der Waals surface area contributed by atoms with Crippen LogP contribution in [-0.4, -0.2) is 24.4 Å². The van der Waals surface area contributed by atoms with Gasteiger partial charge >= 0.3 is 5.97 Å². The second-order valence-electron chi connectivity index (χ2n) is 10.3. The number of nitrogens with one attached hydrogen (secondary N) is 2. The average molecular weight is 668 g/mol. The van der Waals surface area contributed by atoms with Crippen LogP contribution in [0.5, 0.6) is 0 Å². The lowest BCUT2D eigenvalue weighted by Crippen LogP contribution is -2.20. The number of aryl methyl sites for hydroxylation is 1. The summed E-state index contributed by atoms with van der Waals surface area (Å²) in [7, 11) is 0. The predicted molar refractivity (Wildman–Crippen MR) is 181 cm³/mol. The first-order chi connectivity index (χ1) is 21.3. The zero-order chi connectivity index (χ0) is 31.1. The first-order valence-electron chi connectivity index (χ1n) is 14.5. The van der Waals surface area contributed by atoms with Gasteiger partial charge in [-0.05, 0) is 80.1 Å². The Kier molecular flexibility index (Phi) is 11.0. The van der Waals surface area contributed by atoms with E-state index in [0.29, 0.717) is 26.8 Å². The predicted octanol–water partition coefficient (Wildman–Crippen LogP) is 9.61. The SMILES string of the molecule is CCOC(=O)c1c(NC(=O)C(Sc2cccc(NC(=O)c3ccc(Cl)cc3Cl)c2)c2ccccc2)sc2c1CCCCCC2. The minimum absolute atomic E-state index is 0.247. The molecule has 1 unspecified atom stereocenters. The lowest BCUT2D eigenvalue weighted by Gasteiger charge is -2.18. The number of anilines is 2. The summed E-state index contributed by atoms with van der Waals surface area (Å²) >= 11 is 15.1. The number of hydrogen-bond donors (Lipinski definition) is 2. The monoisotopic (exact) mass is 666 g/mol. The molecule has 0 radical (unpaired) electrons. The number of fused-ring (bicyclic) bond motifs is 1. The maximum absolute atomic E-state index is 14.0. The molecule has 3 aromatic carbocycles. The smallest absolute Gasteiger partial charge is 0.341 e. The summed E-state index contributed by atoms with van der Waals surface area (Å²) in [5.74, 6) is -1.01. The molecule has 1 aliphatic carbocycles. The Morgan fingerprint density at radius 1 is 0.909 bits per heavy atom. The van der Waals surface area contributed by atoms with Crippen LogP contribution in [0.25, 0.3) is 0 Å². The Hall–Kier alpha value is -3.30. The molecule has 0 saturated heterocycles. The molecule has 1 atom stereocenters. The van der Waals surface area contributed by atoms with Crippen molar-refractivity contribution in [2.24, 2.45) is 0 Å². The van der Waals surface area contributed by atoms with E-state index in [-0.39, 0.29) is 23.4 Å². The number of carbonyl (C=O) groups excluding carboxylic acids is 3. The Balaban J connectivity index is 1.41. The molecule has 0 fully saturated rings. The van der Waals surface area contributed by atoms with Crippen molar-refractivity contribution in [2.45, 2.75) is 55.6 Å². The largest absolute Gasteiger partial charge is 0.462 e. The molecule has 0 bridgehead atoms. The van der Waals surface area contributed by atoms with E-state index in [4.69, 9.17) is 27.9 Å². The number of thioether (sulfide) groups is 1. The van der Waals surface area contributed by atoms with Crippen LogP contribution >= 0.6 is 46.3 Å². The van der Waals surface area contributed by atoms with Crippen LogP contribution in [0.3, 0.4) is 0 Å². The van der Waals surface area contributed by atoms with E-state index < -0.39 is 11.2 Å². The highest BCUT2D eigenvalue weighted by molar-refractivity contribution is 8.00. The van der Waals surface area contributed by atoms with Crippen LogP contribution in [0.2, 0.25) is 10.0 Å². The van der Waals surface area contributed by atoms with E-state index in [0.717, 1.165) is 59.4 Å². The average Bonchev–Trinajstić information content (AvgIpc) is 3.32. The molecule has 1 aliphatic rings. The van der Waals surface area contributed by atoms with Gasteiger partial charge in [0.2, 0.25) is 5.91 Å². The maximum Gasteiger partial charge on any atom is 0.341 e. The fourth-order valence-corrected chi connectivity index (χ4v) is 8.02. The number of benzene rings is 3. The number of halogens is 2. The van der Waals surface area contributed by atoms with Crippen LogP contribution < -0.4 is 10.6 Å². The van der Waals surface area contributed by atoms with Crippen molar-refractivity contribution >= 4 is 74.8 Å². The van der Waals surface area contributed by atoms with Crippen molar-refractivity contribution in [3.05, 3.63) is 110 Å². The van der Waals surface area contributed by atoms with Crippen molar-refractivity contribution in [3.8, 4) is 0 Å². The summed E-state index contributed by atoms with van der Waals surface area (Å²) in [6.07, 6.45) is 6.03. The lowest BCUT2D eigenvalue weighted by molar-refractivity contribution is -0.115. The van der Waals surface area contributed by atoms with Gasteiger partial charge in [-0.3, -0.25) is 9.59 Å². The summed E-state index contributed by atoms with van der Waals surface area (Å²) in [6, 6.07) is 21.5. The van der Waals surface area contributed by atoms with Crippen LogP contribution in [-0.2, 0) is 22.4 Å². The summed E-state index contributed by atoms with van der Waals surface area (Å²) < 4.78 is 5.44. The fourth-order valence-electron chi connectivity index (χ4n) is 5.16. The van der Waals surface area contributed by atoms with Gasteiger partial charge in [0.15, 0.2) is 0 Å². The van der Waals surface area contributed by atoms with E-state index in [1.165, 1.54) is 29.2 Å². The molecule has 228 valence electrons. The highest BCUT2D eigenvalue weighted by Crippen LogP contribution is 2.41. The van der Waals surface area contributed by atoms with Gasteiger partial charge in [0, 0.05) is 20.5 Å². The van der Waals surface area contributed by atoms with E-state index in [2.05, 4.69) is 10.6 Å². The third-order valence-corrected chi connectivity index (χ3v) is 10.3. The molecular weight excluding hydrogens is 635 g/mol. The number of hydrogen-bond acceptors (Lipinski definition) is 6. The molecule has 4 aromatic rings. The van der Waals surface area contributed by atoms with E-state index in [1.807, 2.05) is 48.5 Å². The molecule has 10 heteroatoms. The van der Waals surface area contributed by atoms with Gasteiger partial charge in [-0.15, -0.1) is 23.1 Å². The molecule has 44 heavy (non-hydrogen) atoms. The second kappa shape index (κ2) is 15.1. The van der Waals surface area contributed by atoms with Crippen molar-refractivity contribution in [3.63, 3.8) is 0 Å². The molecule has 0 spiro atoms. The summed E-state index contributed by atoms with van der Waals surface area (Å²) in [4.78, 5) is 42.0. The van der Waals surface area contributed by atoms with Gasteiger partial charge in [-0.2, -0.15) is 0 Å². The number of thiophene rings is 1. The van der Waals surface area contributed by atoms with Crippen molar-refractivity contribution in [1.29, 1.82) is 0 Å². The Labute approximate surface area is 275 Å². The lowest BCUT2D eigenvalue weighted by atomic mass is 9.96. The molecule has 2 amide bonds. The zero-order valence-electron chi connectivity index (χ0n) is 24.2. The molecule has 0 aliphatic heterocycles. The van der Waals surface area contributed by atoms with Gasteiger partial charge in [-0.1, -0.05) is 72.4 Å². The summed E-state index contributed by atoms with van der Waals surface area (Å²) in [5, 5.41) is 6.60. The van der Waals surface area contributed by atoms with Gasteiger partial charge in [-0.25, -0.2) is 4.79 Å². The Morgan fingerprint density at radius 2 is 1.68 bits per heavy atom. The summed E-state index contributed by atoms with van der Waals surface area (Å²) in [5.41, 5.74) is 3.17. The van der Waals surface area contributed by atoms with Crippen LogP contribution in [0.1, 0.15) is 74.6 Å². The van der Waals surface area contributed by atoms with Gasteiger partial charge in [0.25, 0.3) is 5.91 Å². The number of esters is 1. The maximum atomic E-state index is 14.0. The van der Waals surface area contributed by atoms with Crippen LogP contribution in [0, 0.1) is 0 Å². The molecule has 6 nitrogen and oxygen atoms in total. The zero-order valence-corrected chi connectivity index (χ0v) is 27.3. The minimum Gasteiger partial charge on any atom is -0.462 e. The first-order valence-corrected chi connectivity index (χ1v) is 17.0. The molecule has 1 heterocycles. The van der Waals surface area contributed by atoms with Crippen molar-refractivity contribution < 1.29 is 19.1 Å². The first kappa shape index (κ1) is 32.1. The van der Waals surface area contributed by atoms with E-state index in [9.17, 15) is 14.4 Å². The Morgan fingerprint density at radius 3 is 2.43 bits per heavy atom. The topological polar surface area (TPSA) is 84.5 Å². The van der Waals surface area contributed by atoms with E-state index in [1.54, 1.807) is 25.1 Å². The molecule has 2 N–H and O–H groups in total. The molecular formula is C34H32Cl2N2O4S2. The number of ether oxygens (including phenoxy) is 1. The minimum atomic E-state index is -0.632. The van der Waals surface area contributed by atoms with E-state index >= 15 is 0 Å². The molecule has 1 aromatic heterocycles. The highest BCUT2D eigenvalue weighted by Gasteiger charge is 2.29. The number of amides is 2. The van der Waals surface area contributed by atoms with Crippen molar-refractivity contribution in [2.75, 3.05) is 17.2 Å². The van der Waals surface area contributed by atoms with Crippen LogP contribution in [0.15, 0.2) is 77.7 Å². The number of rotatable bonds is 9. The fraction of sp³-hybridized carbons (Fsp3) is 0.265. The highest BCUT2D eigenvalue weighted by atomic mass is 35.5. The van der Waals surface area contributed by atoms with Gasteiger partial charge in [0.1, 0.15) is 10.3 Å². The van der Waals surface area contributed by atoms with Gasteiger partial charge in [0.05, 0.1) is 22.8 Å². The van der Waals surface area contributed by atoms with Crippen LogP contribution in [0.4, 0.5) is 10.7 Å². The molecule has 5 rings (SSSR count). The molecule has 0 saturated carbocycles. The van der Waals surface area contributed by atoms with Gasteiger partial charge < -0.3 is 15.4 Å². The standard InChI is InChI=1S/C34H32Cl2N2O4S2/c1-2-42-34(41)29-26-15-8-3-4-9-16-28(26)44-33(29)38-32(40)30(21-11-6-5-7-12-21)43-24-14-10-13-23(20-24)37-31(39)25-18-17-22(35)19-27(25)36/h5-7,10-14,17-20,30H,2-4,8-9,15-16H2,1H3,(H,37,39)(H,38,40). The third kappa shape index (κ3) is 7.85. The summed E-state index contributed by atoms with van der Waals surface area (Å²) in [6.45, 7) is 2.05. The van der Waals surface area contributed by atoms with Crippen molar-refractivity contribution in [1.82, 2.24) is 0 Å². The normalized spacial score (nSPS) is 13.6. The quantitative estimate of drug-likeness (QED) is 0.137. The number of carbonyl (C=O) groups is 3. The second-order valence-corrected chi connectivity index (χ2v) is 13.5.